The Labute approximate surface area is 167 Å². The van der Waals surface area contributed by atoms with Crippen LogP contribution < -0.4 is 10.5 Å². The number of nitrogens with zero attached hydrogens (tertiary/aromatic N) is 4. The lowest BCUT2D eigenvalue weighted by molar-refractivity contribution is -0.0616. The monoisotopic (exact) mass is 405 g/mol. The van der Waals surface area contributed by atoms with Crippen molar-refractivity contribution in [2.24, 2.45) is 11.8 Å². The molecule has 1 saturated carbocycles. The molecule has 29 heavy (non-hydrogen) atoms. The Bertz CT molecular complexity index is 902. The van der Waals surface area contributed by atoms with E-state index in [4.69, 9.17) is 15.5 Å². The van der Waals surface area contributed by atoms with Gasteiger partial charge in [0.2, 0.25) is 0 Å². The summed E-state index contributed by atoms with van der Waals surface area (Å²) in [6, 6.07) is 2.52. The van der Waals surface area contributed by atoms with Crippen LogP contribution in [0.3, 0.4) is 0 Å². The number of anilines is 1. The van der Waals surface area contributed by atoms with E-state index in [1.54, 1.807) is 6.20 Å². The summed E-state index contributed by atoms with van der Waals surface area (Å²) in [6.07, 6.45) is 3.57. The van der Waals surface area contributed by atoms with Crippen molar-refractivity contribution in [2.75, 3.05) is 32.0 Å². The van der Waals surface area contributed by atoms with Crippen molar-refractivity contribution >= 4 is 5.82 Å². The largest absolute Gasteiger partial charge is 0.431 e. The van der Waals surface area contributed by atoms with Gasteiger partial charge in [0.15, 0.2) is 11.6 Å². The number of pyridine rings is 1. The van der Waals surface area contributed by atoms with Crippen LogP contribution in [0.15, 0.2) is 18.5 Å². The third-order valence-corrected chi connectivity index (χ3v) is 6.31. The second-order valence-corrected chi connectivity index (χ2v) is 8.50. The van der Waals surface area contributed by atoms with E-state index < -0.39 is 6.61 Å². The zero-order valence-corrected chi connectivity index (χ0v) is 16.5. The molecule has 2 aromatic rings. The second-order valence-electron chi connectivity index (χ2n) is 8.50. The van der Waals surface area contributed by atoms with E-state index in [2.05, 4.69) is 33.0 Å². The minimum atomic E-state index is -2.95. The highest BCUT2D eigenvalue weighted by atomic mass is 19.3. The molecule has 7 nitrogen and oxygen atoms in total. The van der Waals surface area contributed by atoms with Gasteiger partial charge in [0.1, 0.15) is 5.82 Å². The number of piperidine rings is 1. The Balaban J connectivity index is 1.40. The Morgan fingerprint density at radius 1 is 1.24 bits per heavy atom. The molecule has 0 radical (unpaired) electrons. The molecule has 2 N–H and O–H groups in total. The van der Waals surface area contributed by atoms with E-state index in [0.29, 0.717) is 35.2 Å². The molecule has 9 heteroatoms. The van der Waals surface area contributed by atoms with Gasteiger partial charge in [-0.3, -0.25) is 4.90 Å². The van der Waals surface area contributed by atoms with Crippen molar-refractivity contribution in [1.29, 1.82) is 0 Å². The van der Waals surface area contributed by atoms with Gasteiger partial charge in [0.05, 0.1) is 24.9 Å². The van der Waals surface area contributed by atoms with Gasteiger partial charge in [-0.05, 0) is 17.9 Å². The summed E-state index contributed by atoms with van der Waals surface area (Å²) < 4.78 is 37.4. The highest BCUT2D eigenvalue weighted by Crippen LogP contribution is 2.56. The maximum atomic E-state index is 12.6. The van der Waals surface area contributed by atoms with Gasteiger partial charge >= 0.3 is 6.61 Å². The fraction of sp³-hybridized carbons (Fsp3) is 0.600. The number of nitrogen functional groups attached to an aromatic ring is 1. The van der Waals surface area contributed by atoms with E-state index in [-0.39, 0.29) is 17.5 Å². The SMILES string of the molecule is CC(C)c1nc(-c2cnc(N)c(OC(F)F)c2)cn1C1[C@H]2CN(C3COC3)C[C@@H]12. The zero-order chi connectivity index (χ0) is 20.3. The fourth-order valence-electron chi connectivity index (χ4n) is 4.67. The third-order valence-electron chi connectivity index (χ3n) is 6.31. The number of nitrogens with two attached hydrogens (primary N) is 1. The fourth-order valence-corrected chi connectivity index (χ4v) is 4.67. The summed E-state index contributed by atoms with van der Waals surface area (Å²) >= 11 is 0. The van der Waals surface area contributed by atoms with E-state index in [0.717, 1.165) is 32.1 Å². The molecule has 4 heterocycles. The predicted molar refractivity (Wildman–Crippen MR) is 103 cm³/mol. The molecule has 2 aromatic heterocycles. The van der Waals surface area contributed by atoms with Crippen molar-refractivity contribution in [3.8, 4) is 17.0 Å². The van der Waals surface area contributed by atoms with Gasteiger partial charge < -0.3 is 19.8 Å². The molecule has 1 unspecified atom stereocenters. The Morgan fingerprint density at radius 2 is 1.97 bits per heavy atom. The minimum Gasteiger partial charge on any atom is -0.431 e. The molecule has 3 aliphatic rings. The summed E-state index contributed by atoms with van der Waals surface area (Å²) in [5, 5.41) is 0. The molecule has 3 atom stereocenters. The average Bonchev–Trinajstić information content (AvgIpc) is 2.96. The average molecular weight is 405 g/mol. The molecule has 3 fully saturated rings. The summed E-state index contributed by atoms with van der Waals surface area (Å²) in [7, 11) is 0. The number of hydrogen-bond donors (Lipinski definition) is 1. The van der Waals surface area contributed by atoms with Gasteiger partial charge in [-0.25, -0.2) is 9.97 Å². The number of likely N-dealkylation sites (tertiary alicyclic amines) is 1. The summed E-state index contributed by atoms with van der Waals surface area (Å²) in [4.78, 5) is 11.4. The zero-order valence-electron chi connectivity index (χ0n) is 16.5. The highest BCUT2D eigenvalue weighted by molar-refractivity contribution is 5.64. The van der Waals surface area contributed by atoms with E-state index >= 15 is 0 Å². The van der Waals surface area contributed by atoms with Crippen LogP contribution in [0.1, 0.15) is 31.6 Å². The Kier molecular flexibility index (Phi) is 4.47. The number of rotatable bonds is 6. The summed E-state index contributed by atoms with van der Waals surface area (Å²) in [5.74, 6) is 2.34. The van der Waals surface area contributed by atoms with Crippen LogP contribution in [0.25, 0.3) is 11.3 Å². The lowest BCUT2D eigenvalue weighted by atomic mass is 10.2. The molecule has 2 saturated heterocycles. The normalized spacial score (nSPS) is 26.8. The van der Waals surface area contributed by atoms with E-state index in [1.165, 1.54) is 6.07 Å². The number of imidazole rings is 1. The number of aromatic nitrogens is 3. The molecule has 156 valence electrons. The standard InChI is InChI=1S/C20H25F2N5O2/c1-10(2)19-25-15(11-3-16(29-20(21)22)18(23)24-4-11)7-27(19)17-13-5-26(6-14(13)17)12-8-28-9-12/h3-4,7,10,12-14,17,20H,5-6,8-9H2,1-2H3,(H2,23,24)/t13-,14+,17?. The molecule has 1 aliphatic carbocycles. The first-order chi connectivity index (χ1) is 13.9. The number of alkyl halides is 2. The van der Waals surface area contributed by atoms with Crippen LogP contribution in [0.5, 0.6) is 5.75 Å². The first kappa shape index (κ1) is 18.7. The Hall–Kier alpha value is -2.26. The molecular formula is C20H25F2N5O2. The minimum absolute atomic E-state index is 0.0608. The topological polar surface area (TPSA) is 78.4 Å². The molecule has 0 spiro atoms. The first-order valence-electron chi connectivity index (χ1n) is 10.0. The molecule has 0 amide bonds. The van der Waals surface area contributed by atoms with E-state index in [1.807, 2.05) is 6.20 Å². The number of hydrogen-bond acceptors (Lipinski definition) is 6. The van der Waals surface area contributed by atoms with Crippen molar-refractivity contribution in [2.45, 2.75) is 38.5 Å². The molecule has 2 aliphatic heterocycles. The van der Waals surface area contributed by atoms with Crippen LogP contribution in [0, 0.1) is 11.8 Å². The number of fused-ring (bicyclic) bond motifs is 1. The first-order valence-corrected chi connectivity index (χ1v) is 10.0. The third kappa shape index (κ3) is 3.26. The van der Waals surface area contributed by atoms with Crippen LogP contribution in [0.4, 0.5) is 14.6 Å². The maximum absolute atomic E-state index is 12.6. The van der Waals surface area contributed by atoms with Gasteiger partial charge in [-0.1, -0.05) is 13.8 Å². The number of ether oxygens (including phenoxy) is 2. The van der Waals surface area contributed by atoms with Gasteiger partial charge in [-0.2, -0.15) is 8.78 Å². The quantitative estimate of drug-likeness (QED) is 0.796. The van der Waals surface area contributed by atoms with Crippen LogP contribution in [-0.2, 0) is 4.74 Å². The van der Waals surface area contributed by atoms with Crippen molar-refractivity contribution in [3.05, 3.63) is 24.3 Å². The maximum Gasteiger partial charge on any atom is 0.387 e. The van der Waals surface area contributed by atoms with Gasteiger partial charge in [-0.15, -0.1) is 0 Å². The van der Waals surface area contributed by atoms with E-state index in [9.17, 15) is 8.78 Å². The van der Waals surface area contributed by atoms with Crippen LogP contribution in [0.2, 0.25) is 0 Å². The Morgan fingerprint density at radius 3 is 2.55 bits per heavy atom. The molecule has 5 rings (SSSR count). The van der Waals surface area contributed by atoms with Crippen molar-refractivity contribution in [3.63, 3.8) is 0 Å². The molecular weight excluding hydrogens is 380 g/mol. The predicted octanol–water partition coefficient (Wildman–Crippen LogP) is 2.75. The van der Waals surface area contributed by atoms with Crippen molar-refractivity contribution in [1.82, 2.24) is 19.4 Å². The van der Waals surface area contributed by atoms with Crippen LogP contribution >= 0.6 is 0 Å². The lowest BCUT2D eigenvalue weighted by Gasteiger charge is -2.36. The van der Waals surface area contributed by atoms with Crippen molar-refractivity contribution < 1.29 is 18.3 Å². The lowest BCUT2D eigenvalue weighted by Crippen LogP contribution is -2.49. The molecule has 0 bridgehead atoms. The highest BCUT2D eigenvalue weighted by Gasteiger charge is 2.58. The van der Waals surface area contributed by atoms with Crippen LogP contribution in [-0.4, -0.2) is 58.4 Å². The van der Waals surface area contributed by atoms with Gasteiger partial charge in [0.25, 0.3) is 0 Å². The summed E-state index contributed by atoms with van der Waals surface area (Å²) in [6.45, 7) is 5.19. The molecule has 0 aromatic carbocycles. The second kappa shape index (κ2) is 6.91. The van der Waals surface area contributed by atoms with Gasteiger partial charge in [0, 0.05) is 43.0 Å². The summed E-state index contributed by atoms with van der Waals surface area (Å²) in [5.41, 5.74) is 6.99. The smallest absolute Gasteiger partial charge is 0.387 e. The number of halogens is 2.